The van der Waals surface area contributed by atoms with Crippen molar-refractivity contribution in [3.63, 3.8) is 0 Å². The van der Waals surface area contributed by atoms with E-state index in [2.05, 4.69) is 0 Å². The Bertz CT molecular complexity index is 1000. The summed E-state index contributed by atoms with van der Waals surface area (Å²) in [6, 6.07) is 7.46. The average molecular weight is 415 g/mol. The van der Waals surface area contributed by atoms with Gasteiger partial charge >= 0.3 is 5.97 Å². The predicted molar refractivity (Wildman–Crippen MR) is 108 cm³/mol. The van der Waals surface area contributed by atoms with Crippen LogP contribution >= 0.6 is 11.6 Å². The van der Waals surface area contributed by atoms with Crippen molar-refractivity contribution in [3.8, 4) is 11.5 Å². The van der Waals surface area contributed by atoms with Gasteiger partial charge in [-0.15, -0.1) is 0 Å². The lowest BCUT2D eigenvalue weighted by Gasteiger charge is -2.20. The molecule has 0 radical (unpaired) electrons. The Kier molecular flexibility index (Phi) is 5.41. The number of halogens is 2. The molecule has 150 valence electrons. The van der Waals surface area contributed by atoms with Crippen molar-refractivity contribution >= 4 is 29.4 Å². The summed E-state index contributed by atoms with van der Waals surface area (Å²) >= 11 is 6.05. The molecule has 0 amide bonds. The number of fused-ring (bicyclic) bond motifs is 1. The van der Waals surface area contributed by atoms with E-state index in [0.29, 0.717) is 22.6 Å². The van der Waals surface area contributed by atoms with Crippen LogP contribution in [-0.2, 0) is 4.79 Å². The number of ketones is 1. The van der Waals surface area contributed by atoms with E-state index in [0.717, 1.165) is 32.1 Å². The molecule has 0 atom stereocenters. The molecule has 0 unspecified atom stereocenters. The topological polar surface area (TPSA) is 52.6 Å². The highest BCUT2D eigenvalue weighted by Gasteiger charge is 2.32. The number of ether oxygens (including phenoxy) is 2. The van der Waals surface area contributed by atoms with Crippen LogP contribution in [-0.4, -0.2) is 11.8 Å². The molecule has 4 rings (SSSR count). The molecule has 0 bridgehead atoms. The first-order chi connectivity index (χ1) is 14.0. The fraction of sp³-hybridized carbons (Fsp3) is 0.304. The van der Waals surface area contributed by atoms with Crippen LogP contribution in [0.5, 0.6) is 11.5 Å². The van der Waals surface area contributed by atoms with Crippen LogP contribution < -0.4 is 9.47 Å². The molecule has 6 heteroatoms. The Balaban J connectivity index is 1.60. The van der Waals surface area contributed by atoms with Gasteiger partial charge in [-0.1, -0.05) is 36.9 Å². The molecule has 2 aromatic carbocycles. The second-order valence-corrected chi connectivity index (χ2v) is 7.80. The second-order valence-electron chi connectivity index (χ2n) is 7.40. The highest BCUT2D eigenvalue weighted by atomic mass is 35.5. The molecule has 1 aliphatic carbocycles. The van der Waals surface area contributed by atoms with Crippen molar-refractivity contribution < 1.29 is 23.5 Å². The number of esters is 1. The number of carbonyl (C=O) groups excluding carboxylic acids is 2. The van der Waals surface area contributed by atoms with Gasteiger partial charge in [0, 0.05) is 11.1 Å². The smallest absolute Gasteiger partial charge is 0.314 e. The van der Waals surface area contributed by atoms with Crippen molar-refractivity contribution in [2.45, 2.75) is 39.0 Å². The van der Waals surface area contributed by atoms with Gasteiger partial charge in [-0.2, -0.15) is 0 Å². The third-order valence-electron chi connectivity index (χ3n) is 5.46. The molecule has 0 aromatic heterocycles. The van der Waals surface area contributed by atoms with E-state index in [4.69, 9.17) is 21.1 Å². The van der Waals surface area contributed by atoms with Crippen LogP contribution in [0.15, 0.2) is 36.1 Å². The minimum Gasteiger partial charge on any atom is -0.452 e. The van der Waals surface area contributed by atoms with E-state index in [-0.39, 0.29) is 34.0 Å². The molecule has 29 heavy (non-hydrogen) atoms. The lowest BCUT2D eigenvalue weighted by Crippen LogP contribution is -2.23. The maximum Gasteiger partial charge on any atom is 0.314 e. The van der Waals surface area contributed by atoms with E-state index in [1.807, 2.05) is 0 Å². The summed E-state index contributed by atoms with van der Waals surface area (Å²) in [7, 11) is 0. The van der Waals surface area contributed by atoms with Crippen LogP contribution in [0.3, 0.4) is 0 Å². The first kappa shape index (κ1) is 19.6. The van der Waals surface area contributed by atoms with Crippen molar-refractivity contribution in [2.24, 2.45) is 5.92 Å². The summed E-state index contributed by atoms with van der Waals surface area (Å²) in [6.45, 7) is 1.73. The Morgan fingerprint density at radius 2 is 1.97 bits per heavy atom. The second kappa shape index (κ2) is 7.99. The molecule has 4 nitrogen and oxygen atoms in total. The molecule has 0 N–H and O–H groups in total. The number of carbonyl (C=O) groups is 2. The van der Waals surface area contributed by atoms with Crippen LogP contribution in [0.4, 0.5) is 4.39 Å². The van der Waals surface area contributed by atoms with E-state index >= 15 is 0 Å². The zero-order valence-corrected chi connectivity index (χ0v) is 16.7. The lowest BCUT2D eigenvalue weighted by molar-refractivity contribution is -0.140. The Hall–Kier alpha value is -2.66. The first-order valence-corrected chi connectivity index (χ1v) is 10.1. The standard InChI is InChI=1S/C23H20ClFO4/c1-13-19(29-23(27)14-6-3-2-4-7-14)11-10-15-21(26)20(28-22(13)15)12-16-17(24)8-5-9-18(16)25/h5,8-12,14H,2-4,6-7H2,1H3/b20-12-. The highest BCUT2D eigenvalue weighted by molar-refractivity contribution is 6.32. The molecule has 0 saturated heterocycles. The number of rotatable bonds is 3. The molecule has 1 fully saturated rings. The van der Waals surface area contributed by atoms with Gasteiger partial charge in [0.25, 0.3) is 0 Å². The normalized spacial score (nSPS) is 17.9. The number of hydrogen-bond acceptors (Lipinski definition) is 4. The first-order valence-electron chi connectivity index (χ1n) is 9.69. The van der Waals surface area contributed by atoms with E-state index in [1.54, 1.807) is 19.1 Å². The van der Waals surface area contributed by atoms with Gasteiger partial charge in [0.05, 0.1) is 16.5 Å². The maximum atomic E-state index is 14.1. The largest absolute Gasteiger partial charge is 0.452 e. The van der Waals surface area contributed by atoms with Crippen LogP contribution in [0.2, 0.25) is 5.02 Å². The molecular weight excluding hydrogens is 395 g/mol. The monoisotopic (exact) mass is 414 g/mol. The summed E-state index contributed by atoms with van der Waals surface area (Å²) in [4.78, 5) is 25.2. The van der Waals surface area contributed by atoms with Gasteiger partial charge in [-0.3, -0.25) is 9.59 Å². The van der Waals surface area contributed by atoms with E-state index < -0.39 is 5.82 Å². The summed E-state index contributed by atoms with van der Waals surface area (Å²) in [6.07, 6.45) is 6.20. The molecule has 1 saturated carbocycles. The van der Waals surface area contributed by atoms with Crippen LogP contribution in [0.25, 0.3) is 6.08 Å². The van der Waals surface area contributed by atoms with Gasteiger partial charge in [0.1, 0.15) is 17.3 Å². The van der Waals surface area contributed by atoms with Gasteiger partial charge in [0.2, 0.25) is 5.78 Å². The fourth-order valence-electron chi connectivity index (χ4n) is 3.79. The fourth-order valence-corrected chi connectivity index (χ4v) is 4.01. The summed E-state index contributed by atoms with van der Waals surface area (Å²) in [5.74, 6) is -0.571. The summed E-state index contributed by atoms with van der Waals surface area (Å²) in [5.41, 5.74) is 0.994. The molecule has 2 aliphatic rings. The Morgan fingerprint density at radius 3 is 2.69 bits per heavy atom. The SMILES string of the molecule is Cc1c(OC(=O)C2CCCCC2)ccc2c1O/C(=C\c1c(F)cccc1Cl)C2=O. The molecule has 2 aromatic rings. The van der Waals surface area contributed by atoms with Crippen LogP contribution in [0, 0.1) is 18.7 Å². The molecule has 1 aliphatic heterocycles. The third kappa shape index (κ3) is 3.79. The zero-order valence-electron chi connectivity index (χ0n) is 16.0. The zero-order chi connectivity index (χ0) is 20.5. The summed E-state index contributed by atoms with van der Waals surface area (Å²) < 4.78 is 25.4. The maximum absolute atomic E-state index is 14.1. The lowest BCUT2D eigenvalue weighted by atomic mass is 9.89. The van der Waals surface area contributed by atoms with Gasteiger partial charge in [-0.25, -0.2) is 4.39 Å². The quantitative estimate of drug-likeness (QED) is 0.357. The predicted octanol–water partition coefficient (Wildman–Crippen LogP) is 5.89. The third-order valence-corrected chi connectivity index (χ3v) is 5.79. The van der Waals surface area contributed by atoms with Crippen molar-refractivity contribution in [1.29, 1.82) is 0 Å². The number of Topliss-reactive ketones (excluding diaryl/α,β-unsaturated/α-hetero) is 1. The molecule has 1 heterocycles. The number of allylic oxidation sites excluding steroid dienone is 1. The van der Waals surface area contributed by atoms with Crippen LogP contribution in [0.1, 0.15) is 53.6 Å². The van der Waals surface area contributed by atoms with Gasteiger partial charge < -0.3 is 9.47 Å². The van der Waals surface area contributed by atoms with E-state index in [9.17, 15) is 14.0 Å². The van der Waals surface area contributed by atoms with Gasteiger partial charge in [0.15, 0.2) is 5.76 Å². The van der Waals surface area contributed by atoms with Crippen molar-refractivity contribution in [1.82, 2.24) is 0 Å². The Labute approximate surface area is 173 Å². The minimum absolute atomic E-state index is 0.0224. The Morgan fingerprint density at radius 1 is 1.21 bits per heavy atom. The van der Waals surface area contributed by atoms with Crippen molar-refractivity contribution in [2.75, 3.05) is 0 Å². The highest BCUT2D eigenvalue weighted by Crippen LogP contribution is 2.40. The van der Waals surface area contributed by atoms with Gasteiger partial charge in [-0.05, 0) is 50.1 Å². The average Bonchev–Trinajstić information content (AvgIpc) is 3.04. The molecular formula is C23H20ClFO4. The van der Waals surface area contributed by atoms with Crippen molar-refractivity contribution in [3.05, 3.63) is 63.6 Å². The number of benzene rings is 2. The van der Waals surface area contributed by atoms with E-state index in [1.165, 1.54) is 24.3 Å². The minimum atomic E-state index is -0.545. The summed E-state index contributed by atoms with van der Waals surface area (Å²) in [5, 5.41) is 0.184. The molecule has 0 spiro atoms. The number of hydrogen-bond donors (Lipinski definition) is 0.